The van der Waals surface area contributed by atoms with Gasteiger partial charge in [0.05, 0.1) is 13.2 Å². The van der Waals surface area contributed by atoms with Gasteiger partial charge in [-0.2, -0.15) is 0 Å². The van der Waals surface area contributed by atoms with Crippen molar-refractivity contribution >= 4 is 27.7 Å². The minimum Gasteiger partial charge on any atom is -0.493 e. The molecule has 8 heteroatoms. The van der Waals surface area contributed by atoms with Gasteiger partial charge in [-0.25, -0.2) is 4.98 Å². The van der Waals surface area contributed by atoms with Crippen molar-refractivity contribution in [3.63, 3.8) is 0 Å². The maximum Gasteiger partial charge on any atom is 0.239 e. The molecule has 0 fully saturated rings. The van der Waals surface area contributed by atoms with E-state index in [4.69, 9.17) is 14.2 Å². The van der Waals surface area contributed by atoms with Gasteiger partial charge < -0.3 is 19.5 Å². The summed E-state index contributed by atoms with van der Waals surface area (Å²) in [6.07, 6.45) is 2.45. The van der Waals surface area contributed by atoms with Crippen molar-refractivity contribution in [3.8, 4) is 17.2 Å². The topological polar surface area (TPSA) is 72.9 Å². The Labute approximate surface area is 160 Å². The van der Waals surface area contributed by atoms with Gasteiger partial charge in [0.15, 0.2) is 11.5 Å². The van der Waals surface area contributed by atoms with E-state index in [0.717, 1.165) is 28.9 Å². The molecule has 0 bridgehead atoms. The van der Waals surface area contributed by atoms with Crippen molar-refractivity contribution in [2.24, 2.45) is 0 Å². The average molecular weight is 422 g/mol. The van der Waals surface area contributed by atoms with Crippen LogP contribution in [0.2, 0.25) is 0 Å². The molecule has 7 nitrogen and oxygen atoms in total. The summed E-state index contributed by atoms with van der Waals surface area (Å²) in [5.41, 5.74) is 0. The lowest BCUT2D eigenvalue weighted by Gasteiger charge is -2.16. The average Bonchev–Trinajstić information content (AvgIpc) is 3.08. The minimum absolute atomic E-state index is 0.0981. The fourth-order valence-electron chi connectivity index (χ4n) is 2.45. The molecular weight excluding hydrogens is 402 g/mol. The van der Waals surface area contributed by atoms with Crippen molar-refractivity contribution in [1.29, 1.82) is 0 Å². The Bertz CT molecular complexity index is 755. The number of benzene rings is 1. The van der Waals surface area contributed by atoms with Crippen LogP contribution in [0.15, 0.2) is 41.0 Å². The number of likely N-dealkylation sites (N-methyl/N-ethyl adjacent to an activating group) is 1. The third-order valence-corrected chi connectivity index (χ3v) is 4.17. The largest absolute Gasteiger partial charge is 0.493 e. The molecule has 2 heterocycles. The highest BCUT2D eigenvalue weighted by molar-refractivity contribution is 9.10. The molecule has 1 amide bonds. The highest BCUT2D eigenvalue weighted by Gasteiger charge is 2.13. The summed E-state index contributed by atoms with van der Waals surface area (Å²) in [6, 6.07) is 9.10. The van der Waals surface area contributed by atoms with Crippen LogP contribution in [0.3, 0.4) is 0 Å². The number of anilines is 1. The lowest BCUT2D eigenvalue weighted by molar-refractivity contribution is -0.117. The third kappa shape index (κ3) is 5.34. The van der Waals surface area contributed by atoms with Crippen LogP contribution in [0, 0.1) is 0 Å². The first-order valence-electron chi connectivity index (χ1n) is 8.22. The summed E-state index contributed by atoms with van der Waals surface area (Å²) in [5, 5.41) is 2.77. The van der Waals surface area contributed by atoms with Crippen molar-refractivity contribution in [2.45, 2.75) is 6.42 Å². The van der Waals surface area contributed by atoms with Crippen molar-refractivity contribution in [1.82, 2.24) is 9.88 Å². The smallest absolute Gasteiger partial charge is 0.239 e. The van der Waals surface area contributed by atoms with E-state index in [2.05, 4.69) is 26.2 Å². The number of rotatable bonds is 8. The standard InChI is InChI=1S/C18H20BrN3O4/c1-22(11-18(23)21-17-6-3-13(19)10-20-17)7-2-8-24-14-4-5-15-16(9-14)26-12-25-15/h3-6,9-10H,2,7-8,11-12H2,1H3,(H,20,21,23). The summed E-state index contributed by atoms with van der Waals surface area (Å²) in [4.78, 5) is 18.1. The number of ether oxygens (including phenoxy) is 3. The van der Waals surface area contributed by atoms with Gasteiger partial charge in [-0.1, -0.05) is 0 Å². The first-order chi connectivity index (χ1) is 12.6. The molecule has 1 N–H and O–H groups in total. The Morgan fingerprint density at radius 3 is 2.96 bits per heavy atom. The monoisotopic (exact) mass is 421 g/mol. The fraction of sp³-hybridized carbons (Fsp3) is 0.333. The number of nitrogens with zero attached hydrogens (tertiary/aromatic N) is 2. The third-order valence-electron chi connectivity index (χ3n) is 3.71. The zero-order valence-corrected chi connectivity index (χ0v) is 16.0. The van der Waals surface area contributed by atoms with Gasteiger partial charge in [0.25, 0.3) is 0 Å². The number of amides is 1. The Kier molecular flexibility index (Phi) is 6.30. The summed E-state index contributed by atoms with van der Waals surface area (Å²) in [5.74, 6) is 2.63. The van der Waals surface area contributed by atoms with Crippen molar-refractivity contribution in [2.75, 3.05) is 38.9 Å². The molecule has 0 saturated heterocycles. The van der Waals surface area contributed by atoms with Crippen LogP contribution in [0.25, 0.3) is 0 Å². The van der Waals surface area contributed by atoms with Crippen molar-refractivity contribution < 1.29 is 19.0 Å². The van der Waals surface area contributed by atoms with Crippen LogP contribution in [-0.2, 0) is 4.79 Å². The molecule has 1 aromatic carbocycles. The maximum atomic E-state index is 12.0. The van der Waals surface area contributed by atoms with Crippen molar-refractivity contribution in [3.05, 3.63) is 41.0 Å². The second-order valence-corrected chi connectivity index (χ2v) is 6.78. The molecule has 138 valence electrons. The van der Waals surface area contributed by atoms with Gasteiger partial charge in [-0.3, -0.25) is 9.69 Å². The molecule has 26 heavy (non-hydrogen) atoms. The number of nitrogens with one attached hydrogen (secondary N) is 1. The van der Waals surface area contributed by atoms with Crippen LogP contribution < -0.4 is 19.5 Å². The molecule has 0 radical (unpaired) electrons. The second-order valence-electron chi connectivity index (χ2n) is 5.86. The Morgan fingerprint density at radius 2 is 2.15 bits per heavy atom. The lowest BCUT2D eigenvalue weighted by atomic mass is 10.3. The van der Waals surface area contributed by atoms with E-state index < -0.39 is 0 Å². The number of hydrogen-bond acceptors (Lipinski definition) is 6. The van der Waals surface area contributed by atoms with E-state index in [1.54, 1.807) is 12.3 Å². The molecule has 1 aliphatic heterocycles. The zero-order chi connectivity index (χ0) is 18.4. The van der Waals surface area contributed by atoms with Crippen LogP contribution in [0.1, 0.15) is 6.42 Å². The number of carbonyl (C=O) groups excluding carboxylic acids is 1. The van der Waals surface area contributed by atoms with Crippen LogP contribution in [-0.4, -0.2) is 49.3 Å². The summed E-state index contributed by atoms with van der Waals surface area (Å²) in [6.45, 7) is 1.84. The van der Waals surface area contributed by atoms with E-state index in [1.807, 2.05) is 36.2 Å². The summed E-state index contributed by atoms with van der Waals surface area (Å²) >= 11 is 3.31. The number of carbonyl (C=O) groups is 1. The number of fused-ring (bicyclic) bond motifs is 1. The highest BCUT2D eigenvalue weighted by atomic mass is 79.9. The van der Waals surface area contributed by atoms with E-state index >= 15 is 0 Å². The molecule has 0 saturated carbocycles. The quantitative estimate of drug-likeness (QED) is 0.660. The maximum absolute atomic E-state index is 12.0. The normalized spacial score (nSPS) is 12.3. The molecular formula is C18H20BrN3O4. The van der Waals surface area contributed by atoms with E-state index in [0.29, 0.717) is 24.7 Å². The second kappa shape index (κ2) is 8.86. The molecule has 3 rings (SSSR count). The Balaban J connectivity index is 1.34. The minimum atomic E-state index is -0.0981. The molecule has 1 aromatic heterocycles. The molecule has 1 aliphatic rings. The number of pyridine rings is 1. The van der Waals surface area contributed by atoms with Gasteiger partial charge in [-0.05, 0) is 53.7 Å². The van der Waals surface area contributed by atoms with Gasteiger partial charge in [-0.15, -0.1) is 0 Å². The van der Waals surface area contributed by atoms with Gasteiger partial charge in [0, 0.05) is 23.3 Å². The predicted octanol–water partition coefficient (Wildman–Crippen LogP) is 2.91. The van der Waals surface area contributed by atoms with Crippen LogP contribution in [0.5, 0.6) is 17.2 Å². The van der Waals surface area contributed by atoms with E-state index in [9.17, 15) is 4.79 Å². The molecule has 2 aromatic rings. The summed E-state index contributed by atoms with van der Waals surface area (Å²) in [7, 11) is 1.90. The van der Waals surface area contributed by atoms with Gasteiger partial charge in [0.2, 0.25) is 12.7 Å². The molecule has 0 atom stereocenters. The first-order valence-corrected chi connectivity index (χ1v) is 9.02. The molecule has 0 aliphatic carbocycles. The molecule has 0 spiro atoms. The van der Waals surface area contributed by atoms with E-state index in [1.165, 1.54) is 0 Å². The van der Waals surface area contributed by atoms with Crippen LogP contribution >= 0.6 is 15.9 Å². The van der Waals surface area contributed by atoms with Gasteiger partial charge >= 0.3 is 0 Å². The Hall–Kier alpha value is -2.32. The van der Waals surface area contributed by atoms with E-state index in [-0.39, 0.29) is 12.7 Å². The number of hydrogen-bond donors (Lipinski definition) is 1. The fourth-order valence-corrected chi connectivity index (χ4v) is 2.68. The number of aromatic nitrogens is 1. The zero-order valence-electron chi connectivity index (χ0n) is 14.4. The summed E-state index contributed by atoms with van der Waals surface area (Å²) < 4.78 is 17.2. The molecule has 0 unspecified atom stereocenters. The number of halogens is 1. The van der Waals surface area contributed by atoms with Gasteiger partial charge in [0.1, 0.15) is 11.6 Å². The van der Waals surface area contributed by atoms with Crippen LogP contribution in [0.4, 0.5) is 5.82 Å². The first kappa shape index (κ1) is 18.5. The SMILES string of the molecule is CN(CCCOc1ccc2c(c1)OCO2)CC(=O)Nc1ccc(Br)cn1. The predicted molar refractivity (Wildman–Crippen MR) is 101 cm³/mol. The lowest BCUT2D eigenvalue weighted by Crippen LogP contribution is -2.31. The Morgan fingerprint density at radius 1 is 1.31 bits per heavy atom. The highest BCUT2D eigenvalue weighted by Crippen LogP contribution is 2.35.